The maximum absolute atomic E-state index is 13.1. The molecule has 0 heterocycles. The molecule has 1 aromatic rings. The van der Waals surface area contributed by atoms with E-state index in [1.54, 1.807) is 5.92 Å². The molecule has 0 aliphatic carbocycles. The van der Waals surface area contributed by atoms with Crippen LogP contribution >= 0.6 is 0 Å². The number of amides is 1. The minimum absolute atomic E-state index is 0.168. The molecule has 0 aromatic heterocycles. The van der Waals surface area contributed by atoms with Crippen LogP contribution in [0.15, 0.2) is 12.1 Å². The average Bonchev–Trinajstić information content (AvgIpc) is 2.14. The summed E-state index contributed by atoms with van der Waals surface area (Å²) in [7, 11) is 0. The van der Waals surface area contributed by atoms with Crippen molar-refractivity contribution in [3.05, 3.63) is 29.3 Å². The molecule has 0 fully saturated rings. The third-order valence-corrected chi connectivity index (χ3v) is 1.63. The Morgan fingerprint density at radius 1 is 1.43 bits per heavy atom. The number of anilines is 1. The van der Waals surface area contributed by atoms with Crippen molar-refractivity contribution >= 4 is 11.6 Å². The van der Waals surface area contributed by atoms with Crippen molar-refractivity contribution in [1.29, 1.82) is 0 Å². The Hall–Kier alpha value is -1.89. The molecule has 2 nitrogen and oxygen atoms in total. The Morgan fingerprint density at radius 3 is 2.64 bits per heavy atom. The Labute approximate surface area is 79.9 Å². The Morgan fingerprint density at radius 2 is 2.07 bits per heavy atom. The zero-order valence-electron chi connectivity index (χ0n) is 7.40. The number of nitrogens with one attached hydrogen (secondary N) is 1. The maximum atomic E-state index is 13.1. The predicted octanol–water partition coefficient (Wildman–Crippen LogP) is 1.84. The summed E-state index contributed by atoms with van der Waals surface area (Å²) in [5.41, 5.74) is -0.0859. The summed E-state index contributed by atoms with van der Waals surface area (Å²) in [6.07, 6.45) is 4.76. The second-order valence-electron chi connectivity index (χ2n) is 2.68. The lowest BCUT2D eigenvalue weighted by molar-refractivity contribution is -0.111. The zero-order valence-corrected chi connectivity index (χ0v) is 7.40. The molecule has 0 saturated heterocycles. The molecule has 14 heavy (non-hydrogen) atoms. The molecule has 0 spiro atoms. The molecule has 1 aromatic carbocycles. The number of carbonyl (C=O) groups excluding carboxylic acids is 1. The molecule has 0 aliphatic rings. The molecule has 0 radical (unpaired) electrons. The third-order valence-electron chi connectivity index (χ3n) is 1.63. The third kappa shape index (κ3) is 2.07. The van der Waals surface area contributed by atoms with Gasteiger partial charge in [0.15, 0.2) is 0 Å². The fraction of sp³-hybridized carbons (Fsp3) is 0.100. The molecule has 72 valence electrons. The van der Waals surface area contributed by atoms with Gasteiger partial charge in [0, 0.05) is 6.07 Å². The maximum Gasteiger partial charge on any atom is 0.300 e. The predicted molar refractivity (Wildman–Crippen MR) is 48.6 cm³/mol. The summed E-state index contributed by atoms with van der Waals surface area (Å²) >= 11 is 0. The van der Waals surface area contributed by atoms with Gasteiger partial charge in [0.2, 0.25) is 0 Å². The molecule has 0 aliphatic heterocycles. The first-order valence-electron chi connectivity index (χ1n) is 3.78. The van der Waals surface area contributed by atoms with E-state index in [1.165, 1.54) is 6.92 Å². The zero-order chi connectivity index (χ0) is 10.7. The van der Waals surface area contributed by atoms with E-state index in [0.29, 0.717) is 0 Å². The lowest BCUT2D eigenvalue weighted by atomic mass is 10.2. The minimum Gasteiger partial charge on any atom is -0.312 e. The first-order chi connectivity index (χ1) is 6.54. The summed E-state index contributed by atoms with van der Waals surface area (Å²) in [5.74, 6) is -0.391. The fourth-order valence-electron chi connectivity index (χ4n) is 0.900. The second kappa shape index (κ2) is 3.88. The van der Waals surface area contributed by atoms with Gasteiger partial charge in [0.1, 0.15) is 11.6 Å². The van der Waals surface area contributed by atoms with Crippen LogP contribution in [0.3, 0.4) is 0 Å². The Kier molecular flexibility index (Phi) is 2.82. The van der Waals surface area contributed by atoms with Crippen LogP contribution in [-0.2, 0) is 4.79 Å². The molecule has 0 atom stereocenters. The molecular weight excluding hydrogens is 188 g/mol. The van der Waals surface area contributed by atoms with Gasteiger partial charge in [-0.2, -0.15) is 0 Å². The first-order valence-corrected chi connectivity index (χ1v) is 3.78. The number of benzene rings is 1. The van der Waals surface area contributed by atoms with Gasteiger partial charge >= 0.3 is 0 Å². The number of aryl methyl sites for hydroxylation is 1. The standard InChI is InChI=1S/C10H7F2NO/c1-3-10(14)13-9-5-7(11)6(2)4-8(9)12/h1,4-5H,2H3,(H,13,14). The average molecular weight is 195 g/mol. The molecule has 1 N–H and O–H groups in total. The summed E-state index contributed by atoms with van der Waals surface area (Å²) in [4.78, 5) is 10.7. The van der Waals surface area contributed by atoms with Crippen molar-refractivity contribution in [2.24, 2.45) is 0 Å². The topological polar surface area (TPSA) is 29.1 Å². The molecule has 1 rings (SSSR count). The first kappa shape index (κ1) is 10.2. The number of halogens is 2. The van der Waals surface area contributed by atoms with Gasteiger partial charge in [0.25, 0.3) is 5.91 Å². The molecule has 1 amide bonds. The Bertz CT molecular complexity index is 421. The van der Waals surface area contributed by atoms with Crippen LogP contribution in [0.1, 0.15) is 5.56 Å². The Balaban J connectivity index is 3.05. The van der Waals surface area contributed by atoms with Crippen molar-refractivity contribution < 1.29 is 13.6 Å². The van der Waals surface area contributed by atoms with Crippen LogP contribution in [0.25, 0.3) is 0 Å². The number of hydrogen-bond donors (Lipinski definition) is 1. The second-order valence-corrected chi connectivity index (χ2v) is 2.68. The van der Waals surface area contributed by atoms with Gasteiger partial charge < -0.3 is 5.32 Å². The fourth-order valence-corrected chi connectivity index (χ4v) is 0.900. The van der Waals surface area contributed by atoms with Crippen molar-refractivity contribution in [3.8, 4) is 12.3 Å². The van der Waals surface area contributed by atoms with E-state index < -0.39 is 17.5 Å². The van der Waals surface area contributed by atoms with Gasteiger partial charge in [-0.1, -0.05) is 0 Å². The number of rotatable bonds is 1. The summed E-state index contributed by atoms with van der Waals surface area (Å²) in [6.45, 7) is 1.42. The van der Waals surface area contributed by atoms with Gasteiger partial charge in [-0.05, 0) is 24.5 Å². The van der Waals surface area contributed by atoms with Gasteiger partial charge in [-0.25, -0.2) is 8.78 Å². The molecular formula is C10H7F2NO. The van der Waals surface area contributed by atoms with Crippen LogP contribution < -0.4 is 5.32 Å². The summed E-state index contributed by atoms with van der Waals surface area (Å²) < 4.78 is 26.0. The van der Waals surface area contributed by atoms with E-state index >= 15 is 0 Å². The molecule has 0 bridgehead atoms. The van der Waals surface area contributed by atoms with E-state index in [0.717, 1.165) is 12.1 Å². The largest absolute Gasteiger partial charge is 0.312 e. The molecule has 0 unspecified atom stereocenters. The van der Waals surface area contributed by atoms with E-state index in [4.69, 9.17) is 6.42 Å². The molecule has 0 saturated carbocycles. The summed E-state index contributed by atoms with van der Waals surface area (Å²) in [5, 5.41) is 2.04. The van der Waals surface area contributed by atoms with E-state index in [1.807, 2.05) is 5.32 Å². The number of terminal acetylenes is 1. The monoisotopic (exact) mass is 195 g/mol. The van der Waals surface area contributed by atoms with Crippen LogP contribution in [-0.4, -0.2) is 5.91 Å². The van der Waals surface area contributed by atoms with Gasteiger partial charge in [0.05, 0.1) is 5.69 Å². The summed E-state index contributed by atoms with van der Waals surface area (Å²) in [6, 6.07) is 1.88. The number of hydrogen-bond acceptors (Lipinski definition) is 1. The van der Waals surface area contributed by atoms with Crippen molar-refractivity contribution in [3.63, 3.8) is 0 Å². The van der Waals surface area contributed by atoms with Crippen LogP contribution in [0.5, 0.6) is 0 Å². The van der Waals surface area contributed by atoms with Gasteiger partial charge in [-0.3, -0.25) is 4.79 Å². The molecule has 4 heteroatoms. The lowest BCUT2D eigenvalue weighted by Gasteiger charge is -2.04. The highest BCUT2D eigenvalue weighted by molar-refractivity contribution is 6.03. The van der Waals surface area contributed by atoms with E-state index in [-0.39, 0.29) is 11.3 Å². The minimum atomic E-state index is -0.813. The quantitative estimate of drug-likeness (QED) is 0.680. The SMILES string of the molecule is C#CC(=O)Nc1cc(F)c(C)cc1F. The number of carbonyl (C=O) groups is 1. The highest BCUT2D eigenvalue weighted by Crippen LogP contribution is 2.18. The van der Waals surface area contributed by atoms with E-state index in [9.17, 15) is 13.6 Å². The lowest BCUT2D eigenvalue weighted by Crippen LogP contribution is -2.10. The van der Waals surface area contributed by atoms with Crippen LogP contribution in [0.4, 0.5) is 14.5 Å². The van der Waals surface area contributed by atoms with Crippen LogP contribution in [0.2, 0.25) is 0 Å². The van der Waals surface area contributed by atoms with E-state index in [2.05, 4.69) is 0 Å². The van der Waals surface area contributed by atoms with Crippen LogP contribution in [0, 0.1) is 30.9 Å². The van der Waals surface area contributed by atoms with Gasteiger partial charge in [-0.15, -0.1) is 6.42 Å². The smallest absolute Gasteiger partial charge is 0.300 e. The highest BCUT2D eigenvalue weighted by Gasteiger charge is 2.08. The normalized spacial score (nSPS) is 9.29. The highest BCUT2D eigenvalue weighted by atomic mass is 19.1. The van der Waals surface area contributed by atoms with Crippen molar-refractivity contribution in [1.82, 2.24) is 0 Å². The van der Waals surface area contributed by atoms with Crippen molar-refractivity contribution in [2.45, 2.75) is 6.92 Å². The van der Waals surface area contributed by atoms with Crippen molar-refractivity contribution in [2.75, 3.05) is 5.32 Å².